The standard InChI is InChI=1S/C18H24N4O3S/c1-14-11-15(22-26(23,24)17-7-3-2-4-8-17)13-16(12-14)25-10-6-5-9-21-18(19)20/h2-4,7-8,11-13,22H,5-6,9-10H2,1H3,(H4,19,20,21). The lowest BCUT2D eigenvalue weighted by atomic mass is 10.2. The molecule has 0 amide bonds. The van der Waals surface area contributed by atoms with Gasteiger partial charge in [-0.2, -0.15) is 0 Å². The molecule has 2 aromatic carbocycles. The average molecular weight is 376 g/mol. The number of nitrogens with zero attached hydrogens (tertiary/aromatic N) is 1. The van der Waals surface area contributed by atoms with Crippen molar-refractivity contribution in [2.24, 2.45) is 16.5 Å². The summed E-state index contributed by atoms with van der Waals surface area (Å²) in [4.78, 5) is 4.12. The van der Waals surface area contributed by atoms with Crippen molar-refractivity contribution in [1.82, 2.24) is 0 Å². The summed E-state index contributed by atoms with van der Waals surface area (Å²) in [7, 11) is -3.63. The number of nitrogens with one attached hydrogen (secondary N) is 1. The summed E-state index contributed by atoms with van der Waals surface area (Å²) in [5.41, 5.74) is 11.9. The molecule has 8 heteroatoms. The molecule has 0 saturated carbocycles. The number of ether oxygens (including phenoxy) is 1. The number of anilines is 1. The molecule has 26 heavy (non-hydrogen) atoms. The van der Waals surface area contributed by atoms with Crippen LogP contribution in [0, 0.1) is 6.92 Å². The topological polar surface area (TPSA) is 120 Å². The van der Waals surface area contributed by atoms with Crippen molar-refractivity contribution in [1.29, 1.82) is 0 Å². The van der Waals surface area contributed by atoms with E-state index in [0.717, 1.165) is 18.4 Å². The number of sulfonamides is 1. The van der Waals surface area contributed by atoms with E-state index in [2.05, 4.69) is 9.71 Å². The summed E-state index contributed by atoms with van der Waals surface area (Å²) in [6.45, 7) is 2.93. The zero-order valence-corrected chi connectivity index (χ0v) is 15.5. The van der Waals surface area contributed by atoms with Crippen LogP contribution in [0.2, 0.25) is 0 Å². The van der Waals surface area contributed by atoms with Crippen LogP contribution in [0.25, 0.3) is 0 Å². The number of rotatable bonds is 9. The molecular weight excluding hydrogens is 352 g/mol. The molecule has 140 valence electrons. The largest absolute Gasteiger partial charge is 0.494 e. The molecule has 5 N–H and O–H groups in total. The second-order valence-corrected chi connectivity index (χ2v) is 7.50. The van der Waals surface area contributed by atoms with Crippen molar-refractivity contribution in [3.05, 3.63) is 54.1 Å². The Labute approximate surface area is 154 Å². The van der Waals surface area contributed by atoms with Crippen LogP contribution in [0.4, 0.5) is 5.69 Å². The Hall–Kier alpha value is -2.74. The van der Waals surface area contributed by atoms with Gasteiger partial charge in [0, 0.05) is 12.6 Å². The first-order chi connectivity index (χ1) is 12.4. The molecule has 2 aromatic rings. The van der Waals surface area contributed by atoms with E-state index in [1.807, 2.05) is 13.0 Å². The Kier molecular flexibility index (Phi) is 6.85. The summed E-state index contributed by atoms with van der Waals surface area (Å²) >= 11 is 0. The smallest absolute Gasteiger partial charge is 0.261 e. The lowest BCUT2D eigenvalue weighted by molar-refractivity contribution is 0.308. The van der Waals surface area contributed by atoms with Crippen LogP contribution in [-0.2, 0) is 10.0 Å². The highest BCUT2D eigenvalue weighted by atomic mass is 32.2. The number of guanidine groups is 1. The molecule has 7 nitrogen and oxygen atoms in total. The van der Waals surface area contributed by atoms with Crippen molar-refractivity contribution in [3.63, 3.8) is 0 Å². The molecule has 0 bridgehead atoms. The van der Waals surface area contributed by atoms with Gasteiger partial charge in [0.2, 0.25) is 0 Å². The van der Waals surface area contributed by atoms with Gasteiger partial charge < -0.3 is 16.2 Å². The van der Waals surface area contributed by atoms with Crippen molar-refractivity contribution in [2.75, 3.05) is 17.9 Å². The maximum atomic E-state index is 12.4. The van der Waals surface area contributed by atoms with Crippen molar-refractivity contribution >= 4 is 21.7 Å². The molecule has 0 aliphatic carbocycles. The summed E-state index contributed by atoms with van der Waals surface area (Å²) in [6, 6.07) is 13.5. The average Bonchev–Trinajstić information content (AvgIpc) is 2.57. The molecule has 0 radical (unpaired) electrons. The first-order valence-electron chi connectivity index (χ1n) is 8.24. The summed E-state index contributed by atoms with van der Waals surface area (Å²) in [5, 5.41) is 0. The van der Waals surface area contributed by atoms with E-state index in [9.17, 15) is 8.42 Å². The molecule has 2 rings (SSSR count). The van der Waals surface area contributed by atoms with Crippen LogP contribution in [0.5, 0.6) is 5.75 Å². The van der Waals surface area contributed by atoms with Crippen molar-refractivity contribution in [2.45, 2.75) is 24.7 Å². The molecular formula is C18H24N4O3S. The molecule has 0 saturated heterocycles. The summed E-state index contributed by atoms with van der Waals surface area (Å²) in [5.74, 6) is 0.692. The van der Waals surface area contributed by atoms with Crippen LogP contribution in [-0.4, -0.2) is 27.5 Å². The lowest BCUT2D eigenvalue weighted by Crippen LogP contribution is -2.23. The number of aryl methyl sites for hydroxylation is 1. The molecule has 0 fully saturated rings. The number of nitrogens with two attached hydrogens (primary N) is 2. The lowest BCUT2D eigenvalue weighted by Gasteiger charge is -2.12. The van der Waals surface area contributed by atoms with Gasteiger partial charge >= 0.3 is 0 Å². The molecule has 0 aliphatic heterocycles. The molecule has 0 unspecified atom stereocenters. The zero-order chi connectivity index (χ0) is 19.0. The van der Waals surface area contributed by atoms with E-state index < -0.39 is 10.0 Å². The van der Waals surface area contributed by atoms with Crippen molar-refractivity contribution in [3.8, 4) is 5.75 Å². The second kappa shape index (κ2) is 9.10. The molecule has 0 aromatic heterocycles. The van der Waals surface area contributed by atoms with Gasteiger partial charge in [0.25, 0.3) is 10.0 Å². The molecule has 0 heterocycles. The Morgan fingerprint density at radius 1 is 1.12 bits per heavy atom. The van der Waals surface area contributed by atoms with E-state index >= 15 is 0 Å². The summed E-state index contributed by atoms with van der Waals surface area (Å²) < 4.78 is 33.1. The minimum Gasteiger partial charge on any atom is -0.494 e. The quantitative estimate of drug-likeness (QED) is 0.352. The first-order valence-corrected chi connectivity index (χ1v) is 9.73. The second-order valence-electron chi connectivity index (χ2n) is 5.82. The van der Waals surface area contributed by atoms with E-state index in [4.69, 9.17) is 16.2 Å². The third-order valence-electron chi connectivity index (χ3n) is 3.47. The highest BCUT2D eigenvalue weighted by Crippen LogP contribution is 2.23. The van der Waals surface area contributed by atoms with Crippen LogP contribution in [0.3, 0.4) is 0 Å². The van der Waals surface area contributed by atoms with Gasteiger partial charge in [0.1, 0.15) is 5.75 Å². The fraction of sp³-hybridized carbons (Fsp3) is 0.278. The Bertz CT molecular complexity index is 848. The predicted molar refractivity (Wildman–Crippen MR) is 104 cm³/mol. The van der Waals surface area contributed by atoms with Gasteiger partial charge in [0.05, 0.1) is 17.2 Å². The minimum absolute atomic E-state index is 0.0833. The minimum atomic E-state index is -3.63. The first kappa shape index (κ1) is 19.6. The number of aliphatic imine (C=N–C) groups is 1. The number of unbranched alkanes of at least 4 members (excludes halogenated alkanes) is 1. The Morgan fingerprint density at radius 2 is 1.85 bits per heavy atom. The maximum absolute atomic E-state index is 12.4. The monoisotopic (exact) mass is 376 g/mol. The van der Waals surface area contributed by atoms with E-state index in [-0.39, 0.29) is 10.9 Å². The zero-order valence-electron chi connectivity index (χ0n) is 14.7. The predicted octanol–water partition coefficient (Wildman–Crippen LogP) is 2.23. The fourth-order valence-corrected chi connectivity index (χ4v) is 3.38. The Morgan fingerprint density at radius 3 is 2.54 bits per heavy atom. The fourth-order valence-electron chi connectivity index (χ4n) is 2.32. The van der Waals surface area contributed by atoms with Crippen LogP contribution in [0.15, 0.2) is 58.4 Å². The van der Waals surface area contributed by atoms with Crippen LogP contribution < -0.4 is 20.9 Å². The van der Waals surface area contributed by atoms with E-state index in [1.54, 1.807) is 42.5 Å². The van der Waals surface area contributed by atoms with Gasteiger partial charge in [-0.25, -0.2) is 8.42 Å². The highest BCUT2D eigenvalue weighted by molar-refractivity contribution is 7.92. The molecule has 0 spiro atoms. The van der Waals surface area contributed by atoms with Gasteiger partial charge in [-0.1, -0.05) is 18.2 Å². The summed E-state index contributed by atoms with van der Waals surface area (Å²) in [6.07, 6.45) is 1.59. The molecule has 0 atom stereocenters. The number of benzene rings is 2. The van der Waals surface area contributed by atoms with Crippen molar-refractivity contribution < 1.29 is 13.2 Å². The van der Waals surface area contributed by atoms with Gasteiger partial charge in [-0.15, -0.1) is 0 Å². The maximum Gasteiger partial charge on any atom is 0.261 e. The number of hydrogen-bond donors (Lipinski definition) is 3. The van der Waals surface area contributed by atoms with Gasteiger partial charge in [-0.05, 0) is 49.6 Å². The molecule has 0 aliphatic rings. The SMILES string of the molecule is Cc1cc(NS(=O)(=O)c2ccccc2)cc(OCCCCN=C(N)N)c1. The van der Waals surface area contributed by atoms with Gasteiger partial charge in [0.15, 0.2) is 5.96 Å². The highest BCUT2D eigenvalue weighted by Gasteiger charge is 2.14. The van der Waals surface area contributed by atoms with Gasteiger partial charge in [-0.3, -0.25) is 9.71 Å². The normalized spacial score (nSPS) is 11.0. The van der Waals surface area contributed by atoms with E-state index in [0.29, 0.717) is 24.6 Å². The third kappa shape index (κ3) is 6.29. The van der Waals surface area contributed by atoms with Crippen LogP contribution >= 0.6 is 0 Å². The Balaban J connectivity index is 1.98. The number of hydrogen-bond acceptors (Lipinski definition) is 4. The van der Waals surface area contributed by atoms with Crippen LogP contribution in [0.1, 0.15) is 18.4 Å². The third-order valence-corrected chi connectivity index (χ3v) is 4.87. The van der Waals surface area contributed by atoms with E-state index in [1.165, 1.54) is 0 Å².